The van der Waals surface area contributed by atoms with E-state index in [-0.39, 0.29) is 16.7 Å². The highest BCUT2D eigenvalue weighted by Crippen LogP contribution is 2.30. The molecule has 0 saturated heterocycles. The van der Waals surface area contributed by atoms with Gasteiger partial charge in [0.1, 0.15) is 5.82 Å². The number of aryl methyl sites for hydroxylation is 2. The third-order valence-electron chi connectivity index (χ3n) is 3.33. The predicted octanol–water partition coefficient (Wildman–Crippen LogP) is 3.36. The normalized spacial score (nSPS) is 12.4. The Morgan fingerprint density at radius 1 is 1.45 bits per heavy atom. The van der Waals surface area contributed by atoms with Gasteiger partial charge < -0.3 is 5.73 Å². The minimum atomic E-state index is -0.376. The average Bonchev–Trinajstić information content (AvgIpc) is 2.66. The van der Waals surface area contributed by atoms with Crippen LogP contribution in [-0.2, 0) is 0 Å². The molecule has 0 aliphatic heterocycles. The van der Waals surface area contributed by atoms with Crippen molar-refractivity contribution in [3.63, 3.8) is 0 Å². The molecular formula is C13H15BrN4O2. The first-order chi connectivity index (χ1) is 9.32. The highest BCUT2D eigenvalue weighted by Gasteiger charge is 2.19. The van der Waals surface area contributed by atoms with Gasteiger partial charge >= 0.3 is 0 Å². The van der Waals surface area contributed by atoms with E-state index >= 15 is 0 Å². The summed E-state index contributed by atoms with van der Waals surface area (Å²) in [5.41, 5.74) is 8.32. The second-order valence-electron chi connectivity index (χ2n) is 4.71. The molecular weight excluding hydrogens is 324 g/mol. The quantitative estimate of drug-likeness (QED) is 0.686. The number of nitrogen functional groups attached to an aromatic ring is 1. The number of hydrogen-bond donors (Lipinski definition) is 1. The van der Waals surface area contributed by atoms with Crippen molar-refractivity contribution in [2.24, 2.45) is 0 Å². The number of nitro groups is 1. The molecule has 0 saturated carbocycles. The SMILES string of the molecule is Cc1ccc(C(C)n2nc(C)c(Br)c2N)cc1[N+](=O)[O-]. The lowest BCUT2D eigenvalue weighted by atomic mass is 10.0. The maximum Gasteiger partial charge on any atom is 0.272 e. The Hall–Kier alpha value is -1.89. The lowest BCUT2D eigenvalue weighted by Gasteiger charge is -2.14. The number of nitrogens with two attached hydrogens (primary N) is 1. The van der Waals surface area contributed by atoms with Crippen LogP contribution >= 0.6 is 15.9 Å². The molecule has 20 heavy (non-hydrogen) atoms. The molecule has 0 amide bonds. The zero-order valence-electron chi connectivity index (χ0n) is 11.4. The number of benzene rings is 1. The van der Waals surface area contributed by atoms with Crippen molar-refractivity contribution in [3.8, 4) is 0 Å². The van der Waals surface area contributed by atoms with Crippen LogP contribution in [0.5, 0.6) is 0 Å². The van der Waals surface area contributed by atoms with Crippen LogP contribution in [0, 0.1) is 24.0 Å². The largest absolute Gasteiger partial charge is 0.383 e. The van der Waals surface area contributed by atoms with Crippen LogP contribution in [-0.4, -0.2) is 14.7 Å². The average molecular weight is 339 g/mol. The number of nitrogens with zero attached hydrogens (tertiary/aromatic N) is 3. The molecule has 7 heteroatoms. The van der Waals surface area contributed by atoms with E-state index in [0.29, 0.717) is 11.4 Å². The predicted molar refractivity (Wildman–Crippen MR) is 80.7 cm³/mol. The van der Waals surface area contributed by atoms with Gasteiger partial charge in [-0.05, 0) is 42.3 Å². The molecule has 2 N–H and O–H groups in total. The van der Waals surface area contributed by atoms with E-state index in [1.807, 2.05) is 19.9 Å². The maximum absolute atomic E-state index is 11.0. The summed E-state index contributed by atoms with van der Waals surface area (Å²) in [4.78, 5) is 10.6. The Labute approximate surface area is 124 Å². The summed E-state index contributed by atoms with van der Waals surface area (Å²) in [5.74, 6) is 0.512. The Morgan fingerprint density at radius 2 is 2.10 bits per heavy atom. The summed E-state index contributed by atoms with van der Waals surface area (Å²) >= 11 is 3.37. The highest BCUT2D eigenvalue weighted by molar-refractivity contribution is 9.10. The zero-order valence-corrected chi connectivity index (χ0v) is 13.0. The Morgan fingerprint density at radius 3 is 2.60 bits per heavy atom. The number of anilines is 1. The lowest BCUT2D eigenvalue weighted by molar-refractivity contribution is -0.385. The number of halogens is 1. The molecule has 1 aromatic carbocycles. The van der Waals surface area contributed by atoms with Gasteiger partial charge in [-0.3, -0.25) is 10.1 Å². The van der Waals surface area contributed by atoms with E-state index in [1.54, 1.807) is 23.7 Å². The number of nitro benzene ring substituents is 1. The molecule has 0 bridgehead atoms. The molecule has 0 spiro atoms. The van der Waals surface area contributed by atoms with Gasteiger partial charge in [-0.15, -0.1) is 0 Å². The monoisotopic (exact) mass is 338 g/mol. The summed E-state index contributed by atoms with van der Waals surface area (Å²) < 4.78 is 2.42. The molecule has 6 nitrogen and oxygen atoms in total. The first-order valence-corrected chi connectivity index (χ1v) is 6.87. The van der Waals surface area contributed by atoms with Crippen LogP contribution in [0.25, 0.3) is 0 Å². The van der Waals surface area contributed by atoms with Crippen LogP contribution in [0.4, 0.5) is 11.5 Å². The summed E-state index contributed by atoms with van der Waals surface area (Å²) in [5, 5.41) is 15.4. The van der Waals surface area contributed by atoms with Crippen molar-refractivity contribution < 1.29 is 4.92 Å². The number of hydrogen-bond acceptors (Lipinski definition) is 4. The molecule has 106 valence electrons. The Balaban J connectivity index is 2.48. The van der Waals surface area contributed by atoms with E-state index in [0.717, 1.165) is 15.7 Å². The molecule has 0 radical (unpaired) electrons. The highest BCUT2D eigenvalue weighted by atomic mass is 79.9. The summed E-state index contributed by atoms with van der Waals surface area (Å²) in [7, 11) is 0. The van der Waals surface area contributed by atoms with Gasteiger partial charge in [-0.1, -0.05) is 12.1 Å². The third kappa shape index (κ3) is 2.40. The Kier molecular flexibility index (Phi) is 3.80. The summed E-state index contributed by atoms with van der Waals surface area (Å²) in [6.07, 6.45) is 0. The molecule has 2 rings (SSSR count). The smallest absolute Gasteiger partial charge is 0.272 e. The maximum atomic E-state index is 11.0. The zero-order chi connectivity index (χ0) is 15.0. The van der Waals surface area contributed by atoms with Gasteiger partial charge in [0, 0.05) is 11.6 Å². The molecule has 1 aromatic heterocycles. The number of rotatable bonds is 3. The van der Waals surface area contributed by atoms with E-state index < -0.39 is 0 Å². The van der Waals surface area contributed by atoms with Crippen LogP contribution < -0.4 is 5.73 Å². The molecule has 2 aromatic rings. The minimum Gasteiger partial charge on any atom is -0.383 e. The molecule has 1 unspecified atom stereocenters. The van der Waals surface area contributed by atoms with Crippen molar-refractivity contribution in [1.82, 2.24) is 9.78 Å². The van der Waals surface area contributed by atoms with Crippen LogP contribution in [0.2, 0.25) is 0 Å². The first-order valence-electron chi connectivity index (χ1n) is 6.08. The van der Waals surface area contributed by atoms with Gasteiger partial charge in [0.25, 0.3) is 5.69 Å². The van der Waals surface area contributed by atoms with Gasteiger partial charge in [-0.25, -0.2) is 4.68 Å². The van der Waals surface area contributed by atoms with Crippen molar-refractivity contribution in [2.45, 2.75) is 26.8 Å². The lowest BCUT2D eigenvalue weighted by Crippen LogP contribution is -2.12. The van der Waals surface area contributed by atoms with Crippen LogP contribution in [0.1, 0.15) is 29.8 Å². The third-order valence-corrected chi connectivity index (χ3v) is 4.31. The van der Waals surface area contributed by atoms with Gasteiger partial charge in [0.15, 0.2) is 0 Å². The summed E-state index contributed by atoms with van der Waals surface area (Å²) in [6, 6.07) is 4.99. The van der Waals surface area contributed by atoms with Gasteiger partial charge in [0.2, 0.25) is 0 Å². The standard InChI is InChI=1S/C13H15BrN4O2/c1-7-4-5-10(6-11(7)18(19)20)9(3)17-13(15)12(14)8(2)16-17/h4-6,9H,15H2,1-3H3. The molecule has 0 fully saturated rings. The van der Waals surface area contributed by atoms with E-state index in [9.17, 15) is 10.1 Å². The summed E-state index contributed by atoms with van der Waals surface area (Å²) in [6.45, 7) is 5.47. The van der Waals surface area contributed by atoms with Gasteiger partial charge in [0.05, 0.1) is 21.1 Å². The minimum absolute atomic E-state index is 0.107. The van der Waals surface area contributed by atoms with Gasteiger partial charge in [-0.2, -0.15) is 5.10 Å². The van der Waals surface area contributed by atoms with Crippen LogP contribution in [0.3, 0.4) is 0 Å². The fraction of sp³-hybridized carbons (Fsp3) is 0.308. The second-order valence-corrected chi connectivity index (χ2v) is 5.50. The van der Waals surface area contributed by atoms with Crippen LogP contribution in [0.15, 0.2) is 22.7 Å². The Bertz CT molecular complexity index is 681. The topological polar surface area (TPSA) is 87.0 Å². The fourth-order valence-corrected chi connectivity index (χ4v) is 2.33. The number of aromatic nitrogens is 2. The molecule has 1 heterocycles. The van der Waals surface area contributed by atoms with E-state index in [4.69, 9.17) is 5.73 Å². The van der Waals surface area contributed by atoms with Crippen molar-refractivity contribution >= 4 is 27.4 Å². The van der Waals surface area contributed by atoms with Crippen molar-refractivity contribution in [1.29, 1.82) is 0 Å². The second kappa shape index (κ2) is 5.24. The molecule has 0 aliphatic rings. The van der Waals surface area contributed by atoms with E-state index in [2.05, 4.69) is 21.0 Å². The van der Waals surface area contributed by atoms with E-state index in [1.165, 1.54) is 0 Å². The first kappa shape index (κ1) is 14.5. The molecule has 1 atom stereocenters. The van der Waals surface area contributed by atoms with Crippen molar-refractivity contribution in [3.05, 3.63) is 49.6 Å². The fourth-order valence-electron chi connectivity index (χ4n) is 2.06. The molecule has 0 aliphatic carbocycles. The van der Waals surface area contributed by atoms with Crippen molar-refractivity contribution in [2.75, 3.05) is 5.73 Å².